The Hall–Kier alpha value is -1.90. The number of benzene rings is 1. The molecule has 1 heterocycles. The summed E-state index contributed by atoms with van der Waals surface area (Å²) in [6.07, 6.45) is 0. The van der Waals surface area contributed by atoms with E-state index in [-0.39, 0.29) is 11.3 Å². The lowest BCUT2D eigenvalue weighted by Gasteiger charge is -2.20. The second-order valence-electron chi connectivity index (χ2n) is 6.12. The maximum atomic E-state index is 7.79. The lowest BCUT2D eigenvalue weighted by atomic mass is 9.89. The molecule has 19 heavy (non-hydrogen) atoms. The smallest absolute Gasteiger partial charge is 0.123 e. The fourth-order valence-electron chi connectivity index (χ4n) is 2.14. The first-order chi connectivity index (χ1) is 8.71. The molecule has 0 aliphatic heterocycles. The molecule has 2 aromatic rings. The second-order valence-corrected chi connectivity index (χ2v) is 6.12. The molecule has 100 valence electrons. The molecule has 0 radical (unpaired) electrons. The van der Waals surface area contributed by atoms with Crippen molar-refractivity contribution in [2.24, 2.45) is 5.73 Å². The number of nitrogens with two attached hydrogens (primary N) is 1. The molecule has 2 rings (SSSR count). The lowest BCUT2D eigenvalue weighted by Crippen LogP contribution is -2.18. The fraction of sp³-hybridized carbons (Fsp3) is 0.375. The fourth-order valence-corrected chi connectivity index (χ4v) is 2.14. The number of hydrogen-bond donors (Lipinski definition) is 2. The minimum atomic E-state index is -0.0609. The van der Waals surface area contributed by atoms with Crippen LogP contribution in [0.25, 0.3) is 10.9 Å². The Morgan fingerprint density at radius 3 is 2.37 bits per heavy atom. The van der Waals surface area contributed by atoms with Crippen LogP contribution < -0.4 is 5.73 Å². The van der Waals surface area contributed by atoms with Gasteiger partial charge in [-0.2, -0.15) is 0 Å². The number of fused-ring (bicyclic) bond motifs is 1. The van der Waals surface area contributed by atoms with Gasteiger partial charge in [-0.3, -0.25) is 10.4 Å². The molecule has 3 N–H and O–H groups in total. The van der Waals surface area contributed by atoms with E-state index in [4.69, 9.17) is 16.1 Å². The van der Waals surface area contributed by atoms with Gasteiger partial charge in [-0.05, 0) is 31.0 Å². The Kier molecular flexibility index (Phi) is 3.09. The molecule has 0 atom stereocenters. The average molecular weight is 255 g/mol. The van der Waals surface area contributed by atoms with Crippen LogP contribution in [0.15, 0.2) is 18.2 Å². The molecule has 0 spiro atoms. The van der Waals surface area contributed by atoms with Crippen molar-refractivity contribution in [1.82, 2.24) is 4.98 Å². The van der Waals surface area contributed by atoms with Crippen LogP contribution in [0.5, 0.6) is 0 Å². The summed E-state index contributed by atoms with van der Waals surface area (Å²) >= 11 is 0. The van der Waals surface area contributed by atoms with E-state index in [2.05, 4.69) is 40.7 Å². The van der Waals surface area contributed by atoms with Gasteiger partial charge in [0.15, 0.2) is 0 Å². The summed E-state index contributed by atoms with van der Waals surface area (Å²) < 4.78 is 0. The molecule has 3 nitrogen and oxygen atoms in total. The number of nitrogens with zero attached hydrogens (tertiary/aromatic N) is 1. The van der Waals surface area contributed by atoms with E-state index in [1.165, 1.54) is 5.56 Å². The first kappa shape index (κ1) is 13.5. The summed E-state index contributed by atoms with van der Waals surface area (Å²) in [7, 11) is 0. The van der Waals surface area contributed by atoms with Crippen LogP contribution >= 0.6 is 0 Å². The van der Waals surface area contributed by atoms with E-state index in [0.717, 1.165) is 27.7 Å². The number of hydrogen-bond acceptors (Lipinski definition) is 2. The van der Waals surface area contributed by atoms with Gasteiger partial charge in [0.25, 0.3) is 0 Å². The van der Waals surface area contributed by atoms with Crippen LogP contribution in [0.4, 0.5) is 0 Å². The Labute approximate surface area is 114 Å². The summed E-state index contributed by atoms with van der Waals surface area (Å²) in [5.74, 6) is 0.0983. The molecule has 0 amide bonds. The van der Waals surface area contributed by atoms with E-state index >= 15 is 0 Å². The van der Waals surface area contributed by atoms with Gasteiger partial charge in [0.05, 0.1) is 5.52 Å². The van der Waals surface area contributed by atoms with E-state index in [1.807, 2.05) is 12.1 Å². The van der Waals surface area contributed by atoms with Crippen molar-refractivity contribution in [1.29, 1.82) is 5.41 Å². The zero-order valence-electron chi connectivity index (χ0n) is 12.3. The quantitative estimate of drug-likeness (QED) is 0.605. The van der Waals surface area contributed by atoms with Crippen LogP contribution in [-0.2, 0) is 5.41 Å². The summed E-state index contributed by atoms with van der Waals surface area (Å²) in [5, 5.41) is 8.75. The van der Waals surface area contributed by atoms with Gasteiger partial charge >= 0.3 is 0 Å². The zero-order valence-corrected chi connectivity index (χ0v) is 12.3. The van der Waals surface area contributed by atoms with Crippen molar-refractivity contribution in [3.8, 4) is 0 Å². The second kappa shape index (κ2) is 4.34. The highest BCUT2D eigenvalue weighted by atomic mass is 14.7. The minimum Gasteiger partial charge on any atom is -0.384 e. The molecule has 0 saturated carbocycles. The maximum Gasteiger partial charge on any atom is 0.123 e. The van der Waals surface area contributed by atoms with Crippen molar-refractivity contribution in [3.05, 3.63) is 40.6 Å². The molecular weight excluding hydrogens is 234 g/mol. The van der Waals surface area contributed by atoms with Gasteiger partial charge in [-0.25, -0.2) is 0 Å². The first-order valence-electron chi connectivity index (χ1n) is 6.47. The molecule has 1 aromatic carbocycles. The highest BCUT2D eigenvalue weighted by molar-refractivity contribution is 6.07. The largest absolute Gasteiger partial charge is 0.384 e. The maximum absolute atomic E-state index is 7.79. The predicted octanol–water partition coefficient (Wildman–Crippen LogP) is 3.43. The van der Waals surface area contributed by atoms with E-state index in [0.29, 0.717) is 0 Å². The van der Waals surface area contributed by atoms with Crippen LogP contribution in [-0.4, -0.2) is 10.8 Å². The number of aromatic nitrogens is 1. The Bertz CT molecular complexity index is 664. The van der Waals surface area contributed by atoms with Crippen LogP contribution in [0.2, 0.25) is 0 Å². The van der Waals surface area contributed by atoms with Crippen molar-refractivity contribution >= 4 is 16.7 Å². The highest BCUT2D eigenvalue weighted by Gasteiger charge is 2.19. The highest BCUT2D eigenvalue weighted by Crippen LogP contribution is 2.28. The zero-order chi connectivity index (χ0) is 14.4. The third-order valence-electron chi connectivity index (χ3n) is 3.56. The minimum absolute atomic E-state index is 0.0609. The Morgan fingerprint density at radius 2 is 1.84 bits per heavy atom. The van der Waals surface area contributed by atoms with Crippen molar-refractivity contribution in [3.63, 3.8) is 0 Å². The summed E-state index contributed by atoms with van der Waals surface area (Å²) in [4.78, 5) is 4.80. The number of nitrogens with one attached hydrogen (secondary N) is 1. The molecule has 0 saturated heterocycles. The number of aryl methyl sites for hydroxylation is 2. The summed E-state index contributed by atoms with van der Waals surface area (Å²) in [6, 6.07) is 6.01. The molecular formula is C16H21N3. The van der Waals surface area contributed by atoms with Gasteiger partial charge in [-0.15, -0.1) is 0 Å². The molecule has 1 aromatic heterocycles. The third-order valence-corrected chi connectivity index (χ3v) is 3.56. The van der Waals surface area contributed by atoms with E-state index in [1.54, 1.807) is 0 Å². The Morgan fingerprint density at radius 1 is 1.21 bits per heavy atom. The average Bonchev–Trinajstić information content (AvgIpc) is 2.31. The summed E-state index contributed by atoms with van der Waals surface area (Å²) in [6.45, 7) is 10.5. The van der Waals surface area contributed by atoms with Gasteiger partial charge in [-0.1, -0.05) is 32.9 Å². The van der Waals surface area contributed by atoms with Crippen LogP contribution in [0, 0.1) is 19.3 Å². The molecule has 0 aliphatic rings. The van der Waals surface area contributed by atoms with Gasteiger partial charge < -0.3 is 5.73 Å². The molecule has 0 unspecified atom stereocenters. The monoisotopic (exact) mass is 255 g/mol. The van der Waals surface area contributed by atoms with Crippen LogP contribution in [0.3, 0.4) is 0 Å². The lowest BCUT2D eigenvalue weighted by molar-refractivity contribution is 0.571. The topological polar surface area (TPSA) is 62.8 Å². The van der Waals surface area contributed by atoms with Crippen molar-refractivity contribution in [2.75, 3.05) is 0 Å². The normalized spacial score (nSPS) is 11.8. The van der Waals surface area contributed by atoms with Gasteiger partial charge in [0, 0.05) is 22.1 Å². The molecule has 0 fully saturated rings. The van der Waals surface area contributed by atoms with Crippen molar-refractivity contribution in [2.45, 2.75) is 40.0 Å². The molecule has 0 aliphatic carbocycles. The standard InChI is InChI=1S/C16H21N3/c1-9-6-7-11-12(15(17)18)8-13(16(3,4)5)19-14(11)10(9)2/h6-8H,1-5H3,(H3,17,18). The number of amidine groups is 1. The van der Waals surface area contributed by atoms with Crippen molar-refractivity contribution < 1.29 is 0 Å². The number of nitrogen functional groups attached to an aromatic ring is 1. The van der Waals surface area contributed by atoms with E-state index in [9.17, 15) is 0 Å². The van der Waals surface area contributed by atoms with Crippen LogP contribution in [0.1, 0.15) is 43.2 Å². The third kappa shape index (κ3) is 2.33. The predicted molar refractivity (Wildman–Crippen MR) is 80.9 cm³/mol. The SMILES string of the molecule is Cc1ccc2c(C(=N)N)cc(C(C)(C)C)nc2c1C. The van der Waals surface area contributed by atoms with E-state index < -0.39 is 0 Å². The number of pyridine rings is 1. The summed E-state index contributed by atoms with van der Waals surface area (Å²) in [5.41, 5.74) is 10.7. The molecule has 0 bridgehead atoms. The first-order valence-corrected chi connectivity index (χ1v) is 6.47. The number of rotatable bonds is 1. The van der Waals surface area contributed by atoms with Gasteiger partial charge in [0.1, 0.15) is 5.84 Å². The Balaban J connectivity index is 2.92. The molecule has 3 heteroatoms. The van der Waals surface area contributed by atoms with Gasteiger partial charge in [0.2, 0.25) is 0 Å².